The van der Waals surface area contributed by atoms with Crippen LogP contribution in [0, 0.1) is 6.92 Å². The fourth-order valence-corrected chi connectivity index (χ4v) is 2.63. The van der Waals surface area contributed by atoms with E-state index in [1.807, 2.05) is 54.6 Å². The topological polar surface area (TPSA) is 84.1 Å². The summed E-state index contributed by atoms with van der Waals surface area (Å²) in [5.74, 6) is 0.598. The summed E-state index contributed by atoms with van der Waals surface area (Å²) >= 11 is 0. The summed E-state index contributed by atoms with van der Waals surface area (Å²) in [5, 5.41) is 3.27. The second-order valence-electron chi connectivity index (χ2n) is 6.11. The van der Waals surface area contributed by atoms with Crippen molar-refractivity contribution in [2.24, 2.45) is 0 Å². The van der Waals surface area contributed by atoms with E-state index in [0.717, 1.165) is 11.1 Å². The van der Waals surface area contributed by atoms with Crippen molar-refractivity contribution in [2.75, 3.05) is 6.54 Å². The van der Waals surface area contributed by atoms with Gasteiger partial charge in [-0.05, 0) is 36.6 Å². The molecule has 0 fully saturated rings. The normalized spacial score (nSPS) is 11.0. The van der Waals surface area contributed by atoms with Crippen molar-refractivity contribution in [3.63, 3.8) is 0 Å². The molecule has 1 aromatic heterocycles. The van der Waals surface area contributed by atoms with E-state index in [9.17, 15) is 9.59 Å². The number of aromatic amines is 1. The highest BCUT2D eigenvalue weighted by Gasteiger charge is 2.02. The molecule has 2 aromatic carbocycles. The maximum atomic E-state index is 12.0. The zero-order chi connectivity index (χ0) is 19.1. The number of aromatic nitrogens is 2. The van der Waals surface area contributed by atoms with Gasteiger partial charge in [-0.15, -0.1) is 0 Å². The molecule has 0 saturated heterocycles. The minimum atomic E-state index is -0.439. The van der Waals surface area contributed by atoms with E-state index >= 15 is 0 Å². The second-order valence-corrected chi connectivity index (χ2v) is 6.11. The fraction of sp³-hybridized carbons (Fsp3) is 0.190. The smallest absolute Gasteiger partial charge is 0.407 e. The van der Waals surface area contributed by atoms with Crippen molar-refractivity contribution < 1.29 is 9.53 Å². The Morgan fingerprint density at radius 3 is 2.85 bits per heavy atom. The van der Waals surface area contributed by atoms with E-state index in [-0.39, 0.29) is 12.2 Å². The number of aryl methyl sites for hydroxylation is 1. The van der Waals surface area contributed by atoms with E-state index in [4.69, 9.17) is 4.74 Å². The Labute approximate surface area is 156 Å². The van der Waals surface area contributed by atoms with Gasteiger partial charge in [0.2, 0.25) is 0 Å². The third-order valence-electron chi connectivity index (χ3n) is 3.95. The van der Waals surface area contributed by atoms with Crippen LogP contribution in [0.25, 0.3) is 17.0 Å². The number of nitrogens with one attached hydrogen (secondary N) is 2. The molecular weight excluding hydrogens is 342 g/mol. The standard InChI is InChI=1S/C21H21N3O3/c1-15-23-19-11-10-16(13-18(19)20(25)24-15)7-5-6-12-22-21(26)27-14-17-8-3-2-4-9-17/h2-5,7-11,13H,6,12,14H2,1H3,(H,22,26)(H,23,24,25). The number of nitrogens with zero attached hydrogens (tertiary/aromatic N) is 1. The zero-order valence-electron chi connectivity index (χ0n) is 15.1. The fourth-order valence-electron chi connectivity index (χ4n) is 2.63. The number of amides is 1. The van der Waals surface area contributed by atoms with Crippen LogP contribution in [0.3, 0.4) is 0 Å². The van der Waals surface area contributed by atoms with Crippen molar-refractivity contribution in [2.45, 2.75) is 20.0 Å². The number of alkyl carbamates (subject to hydrolysis) is 1. The summed E-state index contributed by atoms with van der Waals surface area (Å²) in [5.41, 5.74) is 2.39. The molecule has 0 saturated carbocycles. The number of ether oxygens (including phenoxy) is 1. The Kier molecular flexibility index (Phi) is 5.99. The summed E-state index contributed by atoms with van der Waals surface area (Å²) in [6.07, 6.45) is 4.07. The lowest BCUT2D eigenvalue weighted by atomic mass is 10.1. The number of carbonyl (C=O) groups excluding carboxylic acids is 1. The van der Waals surface area contributed by atoms with Crippen LogP contribution in [-0.2, 0) is 11.3 Å². The molecule has 0 aliphatic rings. The lowest BCUT2D eigenvalue weighted by molar-refractivity contribution is 0.140. The molecule has 3 rings (SSSR count). The van der Waals surface area contributed by atoms with Crippen LogP contribution < -0.4 is 10.9 Å². The van der Waals surface area contributed by atoms with Gasteiger partial charge < -0.3 is 15.0 Å². The average molecular weight is 363 g/mol. The number of fused-ring (bicyclic) bond motifs is 1. The number of carbonyl (C=O) groups is 1. The summed E-state index contributed by atoms with van der Waals surface area (Å²) in [7, 11) is 0. The van der Waals surface area contributed by atoms with Crippen LogP contribution in [-0.4, -0.2) is 22.6 Å². The van der Waals surface area contributed by atoms with Crippen LogP contribution >= 0.6 is 0 Å². The molecule has 0 spiro atoms. The van der Waals surface area contributed by atoms with Crippen molar-refractivity contribution >= 4 is 23.1 Å². The Morgan fingerprint density at radius 2 is 2.04 bits per heavy atom. The Hall–Kier alpha value is -3.41. The highest BCUT2D eigenvalue weighted by molar-refractivity contribution is 5.80. The lowest BCUT2D eigenvalue weighted by Gasteiger charge is -2.05. The Bertz CT molecular complexity index is 1010. The van der Waals surface area contributed by atoms with Crippen molar-refractivity contribution in [1.29, 1.82) is 0 Å². The van der Waals surface area contributed by atoms with Gasteiger partial charge >= 0.3 is 6.09 Å². The molecule has 0 unspecified atom stereocenters. The van der Waals surface area contributed by atoms with Gasteiger partial charge in [-0.2, -0.15) is 0 Å². The Morgan fingerprint density at radius 1 is 1.22 bits per heavy atom. The first kappa shape index (κ1) is 18.4. The summed E-state index contributed by atoms with van der Waals surface area (Å²) in [6.45, 7) is 2.48. The molecule has 27 heavy (non-hydrogen) atoms. The van der Waals surface area contributed by atoms with Crippen LogP contribution in [0.2, 0.25) is 0 Å². The van der Waals surface area contributed by atoms with Gasteiger partial charge in [-0.1, -0.05) is 48.6 Å². The molecule has 0 atom stereocenters. The highest BCUT2D eigenvalue weighted by atomic mass is 16.5. The minimum Gasteiger partial charge on any atom is -0.445 e. The van der Waals surface area contributed by atoms with E-state index in [0.29, 0.717) is 29.7 Å². The summed E-state index contributed by atoms with van der Waals surface area (Å²) in [6, 6.07) is 15.1. The first-order chi connectivity index (χ1) is 13.1. The molecule has 138 valence electrons. The van der Waals surface area contributed by atoms with Gasteiger partial charge in [-0.25, -0.2) is 9.78 Å². The molecule has 3 aromatic rings. The first-order valence-corrected chi connectivity index (χ1v) is 8.73. The number of rotatable bonds is 6. The predicted octanol–water partition coefficient (Wildman–Crippen LogP) is 3.56. The van der Waals surface area contributed by atoms with Crippen LogP contribution in [0.15, 0.2) is 59.4 Å². The maximum Gasteiger partial charge on any atom is 0.407 e. The van der Waals surface area contributed by atoms with Crippen molar-refractivity contribution in [1.82, 2.24) is 15.3 Å². The van der Waals surface area contributed by atoms with E-state index in [2.05, 4.69) is 15.3 Å². The monoisotopic (exact) mass is 363 g/mol. The van der Waals surface area contributed by atoms with Gasteiger partial charge in [0.15, 0.2) is 0 Å². The quantitative estimate of drug-likeness (QED) is 0.656. The second kappa shape index (κ2) is 8.80. The highest BCUT2D eigenvalue weighted by Crippen LogP contribution is 2.12. The molecule has 0 aliphatic carbocycles. The minimum absolute atomic E-state index is 0.143. The number of hydrogen-bond acceptors (Lipinski definition) is 4. The molecule has 0 aliphatic heterocycles. The van der Waals surface area contributed by atoms with Gasteiger partial charge in [0, 0.05) is 6.54 Å². The van der Waals surface area contributed by atoms with E-state index in [1.54, 1.807) is 13.0 Å². The van der Waals surface area contributed by atoms with Crippen molar-refractivity contribution in [3.8, 4) is 0 Å². The number of hydrogen-bond donors (Lipinski definition) is 2. The molecule has 6 heteroatoms. The molecular formula is C21H21N3O3. The third-order valence-corrected chi connectivity index (χ3v) is 3.95. The van der Waals surface area contributed by atoms with E-state index in [1.165, 1.54) is 0 Å². The molecule has 2 N–H and O–H groups in total. The van der Waals surface area contributed by atoms with Gasteiger partial charge in [0.1, 0.15) is 12.4 Å². The van der Waals surface area contributed by atoms with Crippen molar-refractivity contribution in [3.05, 3.63) is 81.9 Å². The van der Waals surface area contributed by atoms with Gasteiger partial charge in [0.25, 0.3) is 5.56 Å². The first-order valence-electron chi connectivity index (χ1n) is 8.73. The summed E-state index contributed by atoms with van der Waals surface area (Å²) in [4.78, 5) is 30.7. The summed E-state index contributed by atoms with van der Waals surface area (Å²) < 4.78 is 5.14. The molecule has 6 nitrogen and oxygen atoms in total. The molecule has 0 bridgehead atoms. The van der Waals surface area contributed by atoms with Crippen LogP contribution in [0.1, 0.15) is 23.4 Å². The Balaban J connectivity index is 1.46. The van der Waals surface area contributed by atoms with E-state index < -0.39 is 6.09 Å². The van der Waals surface area contributed by atoms with Crippen LogP contribution in [0.5, 0.6) is 0 Å². The number of benzene rings is 2. The molecule has 0 radical (unpaired) electrons. The predicted molar refractivity (Wildman–Crippen MR) is 105 cm³/mol. The third kappa shape index (κ3) is 5.28. The zero-order valence-corrected chi connectivity index (χ0v) is 15.1. The SMILES string of the molecule is Cc1nc2ccc(C=CCCNC(=O)OCc3ccccc3)cc2c(=O)[nH]1. The average Bonchev–Trinajstić information content (AvgIpc) is 2.67. The lowest BCUT2D eigenvalue weighted by Crippen LogP contribution is -2.24. The molecule has 1 amide bonds. The maximum absolute atomic E-state index is 12.0. The van der Waals surface area contributed by atoms with Gasteiger partial charge in [-0.3, -0.25) is 4.79 Å². The largest absolute Gasteiger partial charge is 0.445 e. The molecule has 1 heterocycles. The van der Waals surface area contributed by atoms with Crippen LogP contribution in [0.4, 0.5) is 4.79 Å². The number of H-pyrrole nitrogens is 1. The van der Waals surface area contributed by atoms with Gasteiger partial charge in [0.05, 0.1) is 10.9 Å².